The van der Waals surface area contributed by atoms with E-state index in [4.69, 9.17) is 4.74 Å². The lowest BCUT2D eigenvalue weighted by Gasteiger charge is -2.21. The van der Waals surface area contributed by atoms with Gasteiger partial charge in [0.1, 0.15) is 5.65 Å². The number of carbonyl (C=O) groups excluding carboxylic acids is 2. The van der Waals surface area contributed by atoms with Crippen LogP contribution in [0.3, 0.4) is 0 Å². The highest BCUT2D eigenvalue weighted by molar-refractivity contribution is 6.05. The van der Waals surface area contributed by atoms with Crippen molar-refractivity contribution in [1.29, 1.82) is 0 Å². The Bertz CT molecular complexity index is 917. The molecule has 0 radical (unpaired) electrons. The van der Waals surface area contributed by atoms with Crippen molar-refractivity contribution in [1.82, 2.24) is 14.3 Å². The first-order chi connectivity index (χ1) is 12.2. The zero-order chi connectivity index (χ0) is 17.8. The van der Waals surface area contributed by atoms with Gasteiger partial charge in [-0.05, 0) is 31.2 Å². The summed E-state index contributed by atoms with van der Waals surface area (Å²) in [5.74, 6) is -0.732. The SMILES string of the molecule is CCN(Cc1cnc2ccccn12)C(=O)c1ccccc1C(=O)OC. The topological polar surface area (TPSA) is 63.9 Å². The molecular formula is C19H19N3O3. The van der Waals surface area contributed by atoms with E-state index in [2.05, 4.69) is 4.98 Å². The van der Waals surface area contributed by atoms with Gasteiger partial charge in [0.25, 0.3) is 5.91 Å². The number of hydrogen-bond donors (Lipinski definition) is 0. The molecule has 3 rings (SSSR count). The number of ether oxygens (including phenoxy) is 1. The molecule has 128 valence electrons. The van der Waals surface area contributed by atoms with E-state index in [0.717, 1.165) is 11.3 Å². The number of amides is 1. The summed E-state index contributed by atoms with van der Waals surface area (Å²) in [4.78, 5) is 30.9. The summed E-state index contributed by atoms with van der Waals surface area (Å²) in [6.07, 6.45) is 3.68. The van der Waals surface area contributed by atoms with Crippen LogP contribution in [0, 0.1) is 0 Å². The van der Waals surface area contributed by atoms with E-state index in [1.807, 2.05) is 35.7 Å². The maximum absolute atomic E-state index is 13.0. The number of imidazole rings is 1. The third-order valence-electron chi connectivity index (χ3n) is 4.08. The number of methoxy groups -OCH3 is 1. The Morgan fingerprint density at radius 1 is 1.12 bits per heavy atom. The van der Waals surface area contributed by atoms with Crippen molar-refractivity contribution in [2.45, 2.75) is 13.5 Å². The zero-order valence-corrected chi connectivity index (χ0v) is 14.2. The summed E-state index contributed by atoms with van der Waals surface area (Å²) >= 11 is 0. The first-order valence-electron chi connectivity index (χ1n) is 8.03. The van der Waals surface area contributed by atoms with E-state index < -0.39 is 5.97 Å². The Kier molecular flexibility index (Phi) is 4.79. The minimum atomic E-state index is -0.519. The molecule has 0 atom stereocenters. The molecule has 0 bridgehead atoms. The molecule has 3 aromatic rings. The highest BCUT2D eigenvalue weighted by Crippen LogP contribution is 2.16. The minimum absolute atomic E-state index is 0.214. The predicted octanol–water partition coefficient (Wildman–Crippen LogP) is 2.78. The van der Waals surface area contributed by atoms with Gasteiger partial charge in [0.05, 0.1) is 36.7 Å². The number of benzene rings is 1. The van der Waals surface area contributed by atoms with Crippen LogP contribution in [-0.4, -0.2) is 39.8 Å². The molecule has 1 amide bonds. The number of carbonyl (C=O) groups is 2. The summed E-state index contributed by atoms with van der Waals surface area (Å²) < 4.78 is 6.73. The lowest BCUT2D eigenvalue weighted by atomic mass is 10.1. The number of rotatable bonds is 5. The van der Waals surface area contributed by atoms with E-state index >= 15 is 0 Å². The van der Waals surface area contributed by atoms with Gasteiger partial charge in [0.15, 0.2) is 0 Å². The smallest absolute Gasteiger partial charge is 0.338 e. The van der Waals surface area contributed by atoms with Gasteiger partial charge in [-0.15, -0.1) is 0 Å². The molecule has 6 heteroatoms. The summed E-state index contributed by atoms with van der Waals surface area (Å²) in [5, 5.41) is 0. The third-order valence-corrected chi connectivity index (χ3v) is 4.08. The van der Waals surface area contributed by atoms with Crippen LogP contribution in [0.4, 0.5) is 0 Å². The molecule has 2 aromatic heterocycles. The van der Waals surface area contributed by atoms with E-state index in [9.17, 15) is 9.59 Å². The number of esters is 1. The standard InChI is InChI=1S/C19H19N3O3/c1-3-21(13-14-12-20-17-10-6-7-11-22(14)17)18(23)15-8-4-5-9-16(15)19(24)25-2/h4-12H,3,13H2,1-2H3. The number of hydrogen-bond acceptors (Lipinski definition) is 4. The Hall–Kier alpha value is -3.15. The second kappa shape index (κ2) is 7.17. The van der Waals surface area contributed by atoms with Crippen molar-refractivity contribution in [3.63, 3.8) is 0 Å². The monoisotopic (exact) mass is 337 g/mol. The Morgan fingerprint density at radius 2 is 1.84 bits per heavy atom. The van der Waals surface area contributed by atoms with Crippen molar-refractivity contribution < 1.29 is 14.3 Å². The van der Waals surface area contributed by atoms with E-state index in [-0.39, 0.29) is 11.5 Å². The molecule has 0 N–H and O–H groups in total. The second-order valence-electron chi connectivity index (χ2n) is 5.53. The van der Waals surface area contributed by atoms with Crippen LogP contribution in [0.5, 0.6) is 0 Å². The summed E-state index contributed by atoms with van der Waals surface area (Å²) in [7, 11) is 1.31. The first-order valence-corrected chi connectivity index (χ1v) is 8.03. The number of fused-ring (bicyclic) bond motifs is 1. The molecule has 0 spiro atoms. The van der Waals surface area contributed by atoms with Crippen molar-refractivity contribution in [3.8, 4) is 0 Å². The fourth-order valence-electron chi connectivity index (χ4n) is 2.75. The molecule has 0 saturated carbocycles. The van der Waals surface area contributed by atoms with Crippen LogP contribution in [0.1, 0.15) is 33.3 Å². The molecule has 0 fully saturated rings. The number of aromatic nitrogens is 2. The molecule has 2 heterocycles. The van der Waals surface area contributed by atoms with Crippen LogP contribution >= 0.6 is 0 Å². The number of pyridine rings is 1. The molecule has 0 saturated heterocycles. The zero-order valence-electron chi connectivity index (χ0n) is 14.2. The summed E-state index contributed by atoms with van der Waals surface area (Å²) in [6.45, 7) is 2.81. The average Bonchev–Trinajstić information content (AvgIpc) is 3.08. The largest absolute Gasteiger partial charge is 0.465 e. The van der Waals surface area contributed by atoms with Crippen molar-refractivity contribution in [3.05, 3.63) is 71.7 Å². The van der Waals surface area contributed by atoms with Crippen LogP contribution in [-0.2, 0) is 11.3 Å². The minimum Gasteiger partial charge on any atom is -0.465 e. The van der Waals surface area contributed by atoms with Gasteiger partial charge in [0.2, 0.25) is 0 Å². The van der Waals surface area contributed by atoms with Gasteiger partial charge in [-0.3, -0.25) is 4.79 Å². The molecule has 0 unspecified atom stereocenters. The highest BCUT2D eigenvalue weighted by Gasteiger charge is 2.22. The number of nitrogens with zero attached hydrogens (tertiary/aromatic N) is 3. The summed E-state index contributed by atoms with van der Waals surface area (Å²) in [6, 6.07) is 12.4. The second-order valence-corrected chi connectivity index (χ2v) is 5.53. The van der Waals surface area contributed by atoms with Crippen LogP contribution in [0.25, 0.3) is 5.65 Å². The van der Waals surface area contributed by atoms with Crippen LogP contribution in [0.15, 0.2) is 54.9 Å². The first kappa shape index (κ1) is 16.7. The lowest BCUT2D eigenvalue weighted by molar-refractivity contribution is 0.0589. The van der Waals surface area contributed by atoms with Gasteiger partial charge in [-0.25, -0.2) is 9.78 Å². The van der Waals surface area contributed by atoms with Crippen LogP contribution < -0.4 is 0 Å². The van der Waals surface area contributed by atoms with Crippen molar-refractivity contribution in [2.24, 2.45) is 0 Å². The average molecular weight is 337 g/mol. The van der Waals surface area contributed by atoms with E-state index in [1.165, 1.54) is 7.11 Å². The molecular weight excluding hydrogens is 318 g/mol. The molecule has 0 aliphatic carbocycles. The fraction of sp³-hybridized carbons (Fsp3) is 0.211. The molecule has 0 aliphatic rings. The normalized spacial score (nSPS) is 10.6. The molecule has 0 aliphatic heterocycles. The fourth-order valence-corrected chi connectivity index (χ4v) is 2.75. The van der Waals surface area contributed by atoms with Gasteiger partial charge < -0.3 is 14.0 Å². The van der Waals surface area contributed by atoms with E-state index in [1.54, 1.807) is 35.4 Å². The molecule has 6 nitrogen and oxygen atoms in total. The quantitative estimate of drug-likeness (QED) is 0.672. The Balaban J connectivity index is 1.91. The van der Waals surface area contributed by atoms with E-state index in [0.29, 0.717) is 18.7 Å². The van der Waals surface area contributed by atoms with Gasteiger partial charge in [0, 0.05) is 12.7 Å². The lowest BCUT2D eigenvalue weighted by Crippen LogP contribution is -2.32. The van der Waals surface area contributed by atoms with Gasteiger partial charge >= 0.3 is 5.97 Å². The van der Waals surface area contributed by atoms with Crippen LogP contribution in [0.2, 0.25) is 0 Å². The highest BCUT2D eigenvalue weighted by atomic mass is 16.5. The Labute approximate surface area is 145 Å². The maximum atomic E-state index is 13.0. The predicted molar refractivity (Wildman–Crippen MR) is 93.4 cm³/mol. The molecule has 1 aromatic carbocycles. The van der Waals surface area contributed by atoms with Crippen molar-refractivity contribution in [2.75, 3.05) is 13.7 Å². The third kappa shape index (κ3) is 3.24. The summed E-state index contributed by atoms with van der Waals surface area (Å²) in [5.41, 5.74) is 2.34. The maximum Gasteiger partial charge on any atom is 0.338 e. The Morgan fingerprint density at radius 3 is 2.56 bits per heavy atom. The van der Waals surface area contributed by atoms with Crippen molar-refractivity contribution >= 4 is 17.5 Å². The van der Waals surface area contributed by atoms with Gasteiger partial charge in [-0.1, -0.05) is 18.2 Å². The van der Waals surface area contributed by atoms with Gasteiger partial charge in [-0.2, -0.15) is 0 Å². The molecule has 25 heavy (non-hydrogen) atoms.